The SMILES string of the molecule is CCC(C)(C)C(=O)OC1(C)CCc2cc(F)ccc21.CCC(C)(C)C(=O)OC1Cc2ccc(O)cc2C1. The lowest BCUT2D eigenvalue weighted by atomic mass is 9.89. The number of aryl methyl sites for hydroxylation is 1. The first-order valence-corrected chi connectivity index (χ1v) is 13.2. The van der Waals surface area contributed by atoms with Gasteiger partial charge in [0.05, 0.1) is 10.8 Å². The topological polar surface area (TPSA) is 72.8 Å². The number of benzene rings is 2. The highest BCUT2D eigenvalue weighted by Gasteiger charge is 2.41. The molecule has 0 bridgehead atoms. The molecule has 0 fully saturated rings. The van der Waals surface area contributed by atoms with Crippen molar-refractivity contribution in [2.24, 2.45) is 10.8 Å². The van der Waals surface area contributed by atoms with E-state index in [2.05, 4.69) is 0 Å². The lowest BCUT2D eigenvalue weighted by molar-refractivity contribution is -0.170. The molecule has 1 N–H and O–H groups in total. The molecule has 0 aliphatic heterocycles. The molecule has 5 nitrogen and oxygen atoms in total. The fraction of sp³-hybridized carbons (Fsp3) is 0.548. The summed E-state index contributed by atoms with van der Waals surface area (Å²) in [6.45, 7) is 13.5. The van der Waals surface area contributed by atoms with E-state index in [4.69, 9.17) is 9.47 Å². The summed E-state index contributed by atoms with van der Waals surface area (Å²) in [5.74, 6) is -0.278. The summed E-state index contributed by atoms with van der Waals surface area (Å²) in [5, 5.41) is 9.42. The molecule has 2 aliphatic rings. The van der Waals surface area contributed by atoms with E-state index in [9.17, 15) is 19.1 Å². The summed E-state index contributed by atoms with van der Waals surface area (Å²) in [6, 6.07) is 10.1. The van der Waals surface area contributed by atoms with Crippen molar-refractivity contribution in [1.29, 1.82) is 0 Å². The van der Waals surface area contributed by atoms with Crippen LogP contribution >= 0.6 is 0 Å². The Hall–Kier alpha value is -2.89. The molecular weight excluding hydrogens is 471 g/mol. The highest BCUT2D eigenvalue weighted by atomic mass is 19.1. The van der Waals surface area contributed by atoms with Gasteiger partial charge in [-0.05, 0) is 107 Å². The molecule has 2 aromatic carbocycles. The first-order valence-electron chi connectivity index (χ1n) is 13.2. The van der Waals surface area contributed by atoms with Gasteiger partial charge >= 0.3 is 11.9 Å². The van der Waals surface area contributed by atoms with Crippen LogP contribution in [0.5, 0.6) is 5.75 Å². The maximum Gasteiger partial charge on any atom is 0.312 e. The minimum Gasteiger partial charge on any atom is -0.508 e. The van der Waals surface area contributed by atoms with Gasteiger partial charge in [0.15, 0.2) is 0 Å². The van der Waals surface area contributed by atoms with Crippen LogP contribution in [-0.4, -0.2) is 23.1 Å². The van der Waals surface area contributed by atoms with E-state index in [0.29, 0.717) is 6.42 Å². The van der Waals surface area contributed by atoms with Gasteiger partial charge in [-0.2, -0.15) is 0 Å². The summed E-state index contributed by atoms with van der Waals surface area (Å²) >= 11 is 0. The second kappa shape index (κ2) is 10.8. The van der Waals surface area contributed by atoms with Crippen molar-refractivity contribution in [3.8, 4) is 5.75 Å². The molecule has 6 heteroatoms. The maximum atomic E-state index is 13.2. The zero-order chi connectivity index (χ0) is 27.6. The van der Waals surface area contributed by atoms with E-state index in [-0.39, 0.29) is 29.6 Å². The van der Waals surface area contributed by atoms with E-state index in [0.717, 1.165) is 48.8 Å². The molecule has 2 aromatic rings. The highest BCUT2D eigenvalue weighted by molar-refractivity contribution is 5.77. The third-order valence-corrected chi connectivity index (χ3v) is 8.06. The summed E-state index contributed by atoms with van der Waals surface area (Å²) in [5.41, 5.74) is 2.62. The molecule has 2 aliphatic carbocycles. The van der Waals surface area contributed by atoms with Gasteiger partial charge in [-0.25, -0.2) is 4.39 Å². The molecule has 2 unspecified atom stereocenters. The molecule has 4 rings (SSSR count). The highest BCUT2D eigenvalue weighted by Crippen LogP contribution is 2.41. The summed E-state index contributed by atoms with van der Waals surface area (Å²) in [6.07, 6.45) is 4.35. The Morgan fingerprint density at radius 3 is 2.22 bits per heavy atom. The number of hydrogen-bond acceptors (Lipinski definition) is 5. The molecule has 0 aromatic heterocycles. The zero-order valence-corrected chi connectivity index (χ0v) is 23.2. The number of esters is 2. The van der Waals surface area contributed by atoms with Gasteiger partial charge < -0.3 is 14.6 Å². The molecule has 37 heavy (non-hydrogen) atoms. The first kappa shape index (κ1) is 28.7. The molecule has 0 amide bonds. The number of rotatable bonds is 6. The van der Waals surface area contributed by atoms with Gasteiger partial charge in [0, 0.05) is 12.8 Å². The Morgan fingerprint density at radius 2 is 1.57 bits per heavy atom. The molecule has 0 saturated heterocycles. The second-order valence-corrected chi connectivity index (χ2v) is 11.8. The molecular formula is C31H41FO5. The Kier molecular flexibility index (Phi) is 8.40. The summed E-state index contributed by atoms with van der Waals surface area (Å²) < 4.78 is 24.5. The van der Waals surface area contributed by atoms with Crippen LogP contribution in [0.4, 0.5) is 4.39 Å². The minimum atomic E-state index is -0.618. The van der Waals surface area contributed by atoms with Crippen LogP contribution in [-0.2, 0) is 43.9 Å². The Morgan fingerprint density at radius 1 is 0.946 bits per heavy atom. The molecule has 0 saturated carbocycles. The number of hydrogen-bond donors (Lipinski definition) is 1. The molecule has 202 valence electrons. The predicted molar refractivity (Wildman–Crippen MR) is 142 cm³/mol. The van der Waals surface area contributed by atoms with E-state index in [1.807, 2.05) is 54.5 Å². The van der Waals surface area contributed by atoms with Crippen molar-refractivity contribution < 1.29 is 28.6 Å². The lowest BCUT2D eigenvalue weighted by Gasteiger charge is -2.31. The molecule has 0 spiro atoms. The first-order chi connectivity index (χ1) is 17.2. The number of phenolic OH excluding ortho intramolecular Hbond substituents is 1. The van der Waals surface area contributed by atoms with Crippen molar-refractivity contribution in [2.45, 2.75) is 98.7 Å². The summed E-state index contributed by atoms with van der Waals surface area (Å²) in [4.78, 5) is 24.2. The fourth-order valence-electron chi connectivity index (χ4n) is 4.49. The number of ether oxygens (including phenoxy) is 2. The standard InChI is InChI=1S/C16H21FO2.C15H20O3/c1-5-15(2,3)14(18)19-16(4)9-8-11-10-12(17)6-7-13(11)16;1-4-15(2,3)14(17)18-13-8-10-5-6-12(16)7-11(10)9-13/h6-7,10H,5,8-9H2,1-4H3;5-7,13,16H,4,8-9H2,1-3H3. The Bertz CT molecular complexity index is 1150. The van der Waals surface area contributed by atoms with Crippen LogP contribution in [0.15, 0.2) is 36.4 Å². The monoisotopic (exact) mass is 512 g/mol. The Labute approximate surface area is 220 Å². The average molecular weight is 513 g/mol. The second-order valence-electron chi connectivity index (χ2n) is 11.8. The van der Waals surface area contributed by atoms with E-state index in [1.54, 1.807) is 24.3 Å². The fourth-order valence-corrected chi connectivity index (χ4v) is 4.49. The maximum absolute atomic E-state index is 13.2. The van der Waals surface area contributed by atoms with Gasteiger partial charge in [0.1, 0.15) is 23.3 Å². The van der Waals surface area contributed by atoms with Crippen LogP contribution in [0.2, 0.25) is 0 Å². The van der Waals surface area contributed by atoms with E-state index in [1.165, 1.54) is 11.6 Å². The van der Waals surface area contributed by atoms with Crippen molar-refractivity contribution in [3.63, 3.8) is 0 Å². The van der Waals surface area contributed by atoms with Crippen molar-refractivity contribution >= 4 is 11.9 Å². The van der Waals surface area contributed by atoms with Crippen molar-refractivity contribution in [1.82, 2.24) is 0 Å². The normalized spacial score (nSPS) is 20.4. The molecule has 2 atom stereocenters. The largest absolute Gasteiger partial charge is 0.508 e. The number of carbonyl (C=O) groups is 2. The number of carbonyl (C=O) groups excluding carboxylic acids is 2. The van der Waals surface area contributed by atoms with Gasteiger partial charge in [-0.1, -0.05) is 26.0 Å². The Balaban J connectivity index is 0.000000206. The van der Waals surface area contributed by atoms with E-state index >= 15 is 0 Å². The average Bonchev–Trinajstić information content (AvgIpc) is 3.38. The lowest BCUT2D eigenvalue weighted by Crippen LogP contribution is -2.34. The molecule has 0 heterocycles. The van der Waals surface area contributed by atoms with Gasteiger partial charge in [-0.15, -0.1) is 0 Å². The van der Waals surface area contributed by atoms with E-state index < -0.39 is 16.4 Å². The number of phenols is 1. The van der Waals surface area contributed by atoms with Crippen molar-refractivity contribution in [2.75, 3.05) is 0 Å². The van der Waals surface area contributed by atoms with Crippen molar-refractivity contribution in [3.05, 3.63) is 64.5 Å². The number of halogens is 1. The van der Waals surface area contributed by atoms with Gasteiger partial charge in [0.2, 0.25) is 0 Å². The minimum absolute atomic E-state index is 0.0832. The summed E-state index contributed by atoms with van der Waals surface area (Å²) in [7, 11) is 0. The van der Waals surface area contributed by atoms with Gasteiger partial charge in [-0.3, -0.25) is 9.59 Å². The van der Waals surface area contributed by atoms with Crippen LogP contribution < -0.4 is 0 Å². The van der Waals surface area contributed by atoms with Crippen LogP contribution in [0.25, 0.3) is 0 Å². The third kappa shape index (κ3) is 6.52. The van der Waals surface area contributed by atoms with Crippen LogP contribution in [0, 0.1) is 16.6 Å². The zero-order valence-electron chi connectivity index (χ0n) is 23.2. The smallest absolute Gasteiger partial charge is 0.312 e. The quantitative estimate of drug-likeness (QED) is 0.431. The molecule has 0 radical (unpaired) electrons. The number of fused-ring (bicyclic) bond motifs is 2. The third-order valence-electron chi connectivity index (χ3n) is 8.06. The van der Waals surface area contributed by atoms with Crippen LogP contribution in [0.1, 0.15) is 90.0 Å². The number of aromatic hydroxyl groups is 1. The predicted octanol–water partition coefficient (Wildman–Crippen LogP) is 6.81. The van der Waals surface area contributed by atoms with Gasteiger partial charge in [0.25, 0.3) is 0 Å². The van der Waals surface area contributed by atoms with Crippen LogP contribution in [0.3, 0.4) is 0 Å².